The van der Waals surface area contributed by atoms with E-state index in [-0.39, 0.29) is 12.7 Å². The van der Waals surface area contributed by atoms with E-state index in [2.05, 4.69) is 4.90 Å². The molecule has 3 heteroatoms. The second-order valence-electron chi connectivity index (χ2n) is 3.88. The fraction of sp³-hybridized carbons (Fsp3) is 1.00. The molecule has 13 heavy (non-hydrogen) atoms. The predicted molar refractivity (Wildman–Crippen MR) is 52.6 cm³/mol. The third-order valence-electron chi connectivity index (χ3n) is 2.61. The van der Waals surface area contributed by atoms with Gasteiger partial charge in [0.05, 0.1) is 6.10 Å². The molecule has 0 bridgehead atoms. The second-order valence-corrected chi connectivity index (χ2v) is 3.88. The Morgan fingerprint density at radius 2 is 1.85 bits per heavy atom. The van der Waals surface area contributed by atoms with Gasteiger partial charge in [0, 0.05) is 13.2 Å². The number of aliphatic hydroxyl groups is 2. The molecule has 1 saturated heterocycles. The van der Waals surface area contributed by atoms with E-state index in [1.807, 2.05) is 0 Å². The van der Waals surface area contributed by atoms with Crippen molar-refractivity contribution in [3.05, 3.63) is 0 Å². The molecule has 2 N–H and O–H groups in total. The van der Waals surface area contributed by atoms with Crippen LogP contribution in [-0.2, 0) is 0 Å². The van der Waals surface area contributed by atoms with E-state index in [0.717, 1.165) is 38.9 Å². The first-order valence-electron chi connectivity index (χ1n) is 5.34. The normalized spacial score (nSPS) is 20.8. The Hall–Kier alpha value is -0.120. The molecular formula is C10H21NO2. The van der Waals surface area contributed by atoms with Gasteiger partial charge in [0.2, 0.25) is 0 Å². The summed E-state index contributed by atoms with van der Waals surface area (Å²) in [5, 5.41) is 18.2. The van der Waals surface area contributed by atoms with E-state index in [1.54, 1.807) is 0 Å². The minimum atomic E-state index is -0.190. The fourth-order valence-electron chi connectivity index (χ4n) is 1.85. The molecule has 0 amide bonds. The van der Waals surface area contributed by atoms with E-state index in [4.69, 9.17) is 5.11 Å². The molecule has 1 atom stereocenters. The van der Waals surface area contributed by atoms with Crippen LogP contribution in [0, 0.1) is 0 Å². The maximum atomic E-state index is 9.61. The topological polar surface area (TPSA) is 43.7 Å². The van der Waals surface area contributed by atoms with Crippen LogP contribution < -0.4 is 0 Å². The summed E-state index contributed by atoms with van der Waals surface area (Å²) in [6, 6.07) is 0. The van der Waals surface area contributed by atoms with Crippen molar-refractivity contribution in [3.8, 4) is 0 Å². The largest absolute Gasteiger partial charge is 0.396 e. The number of hydrogen-bond donors (Lipinski definition) is 2. The average Bonchev–Trinajstić information content (AvgIpc) is 2.57. The molecule has 1 aliphatic heterocycles. The van der Waals surface area contributed by atoms with Gasteiger partial charge in [-0.05, 0) is 45.2 Å². The molecule has 0 radical (unpaired) electrons. The van der Waals surface area contributed by atoms with Crippen LogP contribution in [0.5, 0.6) is 0 Å². The average molecular weight is 187 g/mol. The Morgan fingerprint density at radius 3 is 2.46 bits per heavy atom. The van der Waals surface area contributed by atoms with Gasteiger partial charge >= 0.3 is 0 Å². The summed E-state index contributed by atoms with van der Waals surface area (Å²) in [6.07, 6.45) is 4.96. The van der Waals surface area contributed by atoms with Gasteiger partial charge in [-0.25, -0.2) is 0 Å². The molecule has 78 valence electrons. The van der Waals surface area contributed by atoms with Crippen LogP contribution in [0.1, 0.15) is 32.1 Å². The van der Waals surface area contributed by atoms with E-state index < -0.39 is 0 Å². The molecule has 1 aliphatic rings. The van der Waals surface area contributed by atoms with Crippen LogP contribution in [-0.4, -0.2) is 47.5 Å². The predicted octanol–water partition coefficient (Wildman–Crippen LogP) is 0.606. The molecular weight excluding hydrogens is 166 g/mol. The summed E-state index contributed by atoms with van der Waals surface area (Å²) < 4.78 is 0. The maximum Gasteiger partial charge on any atom is 0.0667 e. The highest BCUT2D eigenvalue weighted by Crippen LogP contribution is 2.10. The van der Waals surface area contributed by atoms with Crippen molar-refractivity contribution >= 4 is 0 Å². The van der Waals surface area contributed by atoms with Crippen molar-refractivity contribution in [1.29, 1.82) is 0 Å². The number of aliphatic hydroxyl groups excluding tert-OH is 2. The summed E-state index contributed by atoms with van der Waals surface area (Å²) in [6.45, 7) is 3.37. The molecule has 1 unspecified atom stereocenters. The summed E-state index contributed by atoms with van der Waals surface area (Å²) in [7, 11) is 0. The van der Waals surface area contributed by atoms with Gasteiger partial charge in [-0.1, -0.05) is 0 Å². The Labute approximate surface area is 80.4 Å². The number of β-amino-alcohol motifs (C(OH)–C–C–N with tert-alkyl or cyclic N) is 1. The van der Waals surface area contributed by atoms with Crippen molar-refractivity contribution in [1.82, 2.24) is 4.90 Å². The van der Waals surface area contributed by atoms with E-state index in [0.29, 0.717) is 0 Å². The number of rotatable bonds is 6. The van der Waals surface area contributed by atoms with E-state index in [1.165, 1.54) is 12.8 Å². The zero-order valence-electron chi connectivity index (χ0n) is 8.28. The third kappa shape index (κ3) is 4.60. The summed E-state index contributed by atoms with van der Waals surface area (Å²) in [4.78, 5) is 2.32. The maximum absolute atomic E-state index is 9.61. The monoisotopic (exact) mass is 187 g/mol. The van der Waals surface area contributed by atoms with Crippen LogP contribution in [0.4, 0.5) is 0 Å². The molecule has 0 aromatic carbocycles. The van der Waals surface area contributed by atoms with E-state index in [9.17, 15) is 5.11 Å². The van der Waals surface area contributed by atoms with Crippen LogP contribution in [0.3, 0.4) is 0 Å². The van der Waals surface area contributed by atoms with Gasteiger partial charge in [-0.2, -0.15) is 0 Å². The SMILES string of the molecule is OCCCCC(O)CN1CCCC1. The molecule has 1 rings (SSSR count). The number of hydrogen-bond acceptors (Lipinski definition) is 3. The lowest BCUT2D eigenvalue weighted by molar-refractivity contribution is 0.113. The Balaban J connectivity index is 1.99. The van der Waals surface area contributed by atoms with Gasteiger partial charge in [0.25, 0.3) is 0 Å². The molecule has 0 saturated carbocycles. The lowest BCUT2D eigenvalue weighted by atomic mass is 10.1. The fourth-order valence-corrected chi connectivity index (χ4v) is 1.85. The zero-order chi connectivity index (χ0) is 9.52. The lowest BCUT2D eigenvalue weighted by Crippen LogP contribution is -2.29. The first-order chi connectivity index (χ1) is 6.33. The molecule has 0 aliphatic carbocycles. The van der Waals surface area contributed by atoms with Gasteiger partial charge in [-0.3, -0.25) is 0 Å². The summed E-state index contributed by atoms with van der Waals surface area (Å²) in [5.41, 5.74) is 0. The van der Waals surface area contributed by atoms with Crippen molar-refractivity contribution in [2.45, 2.75) is 38.2 Å². The Bertz CT molecular complexity index is 124. The van der Waals surface area contributed by atoms with Gasteiger partial charge in [0.15, 0.2) is 0 Å². The molecule has 0 aromatic rings. The second kappa shape index (κ2) is 6.35. The highest BCUT2D eigenvalue weighted by molar-refractivity contribution is 4.70. The molecule has 1 fully saturated rings. The van der Waals surface area contributed by atoms with E-state index >= 15 is 0 Å². The summed E-state index contributed by atoms with van der Waals surface area (Å²) >= 11 is 0. The number of nitrogens with zero attached hydrogens (tertiary/aromatic N) is 1. The quantitative estimate of drug-likeness (QED) is 0.599. The van der Waals surface area contributed by atoms with Crippen molar-refractivity contribution in [2.75, 3.05) is 26.2 Å². The minimum Gasteiger partial charge on any atom is -0.396 e. The molecule has 0 spiro atoms. The molecule has 3 nitrogen and oxygen atoms in total. The minimum absolute atomic E-state index is 0.190. The Kier molecular flexibility index (Phi) is 5.35. The number of unbranched alkanes of at least 4 members (excludes halogenated alkanes) is 1. The van der Waals surface area contributed by atoms with Crippen LogP contribution in [0.2, 0.25) is 0 Å². The van der Waals surface area contributed by atoms with Crippen molar-refractivity contribution < 1.29 is 10.2 Å². The van der Waals surface area contributed by atoms with Gasteiger partial charge < -0.3 is 15.1 Å². The third-order valence-corrected chi connectivity index (χ3v) is 2.61. The van der Waals surface area contributed by atoms with Gasteiger partial charge in [0.1, 0.15) is 0 Å². The van der Waals surface area contributed by atoms with Crippen molar-refractivity contribution in [3.63, 3.8) is 0 Å². The van der Waals surface area contributed by atoms with Crippen molar-refractivity contribution in [2.24, 2.45) is 0 Å². The highest BCUT2D eigenvalue weighted by Gasteiger charge is 2.14. The van der Waals surface area contributed by atoms with Crippen LogP contribution in [0.25, 0.3) is 0 Å². The van der Waals surface area contributed by atoms with Crippen LogP contribution >= 0.6 is 0 Å². The smallest absolute Gasteiger partial charge is 0.0667 e. The standard InChI is InChI=1S/C10H21NO2/c12-8-4-1-5-10(13)9-11-6-2-3-7-11/h10,12-13H,1-9H2. The first kappa shape index (κ1) is 11.0. The van der Waals surface area contributed by atoms with Crippen LogP contribution in [0.15, 0.2) is 0 Å². The number of likely N-dealkylation sites (tertiary alicyclic amines) is 1. The molecule has 0 aromatic heterocycles. The first-order valence-corrected chi connectivity index (χ1v) is 5.34. The molecule has 1 heterocycles. The summed E-state index contributed by atoms with van der Waals surface area (Å²) in [5.74, 6) is 0. The lowest BCUT2D eigenvalue weighted by Gasteiger charge is -2.18. The zero-order valence-corrected chi connectivity index (χ0v) is 8.28. The highest BCUT2D eigenvalue weighted by atomic mass is 16.3. The Morgan fingerprint density at radius 1 is 1.15 bits per heavy atom. The van der Waals surface area contributed by atoms with Gasteiger partial charge in [-0.15, -0.1) is 0 Å².